The van der Waals surface area contributed by atoms with Crippen molar-refractivity contribution in [2.45, 2.75) is 52.0 Å². The third-order valence-electron chi connectivity index (χ3n) is 4.85. The SMILES string of the molecule is CC(=O)c1cccc(OCC(=O)n2ccc(C)cc2=NC2CCCCC2)c1. The van der Waals surface area contributed by atoms with Gasteiger partial charge in [0.1, 0.15) is 11.2 Å². The van der Waals surface area contributed by atoms with Gasteiger partial charge in [0.25, 0.3) is 5.91 Å². The van der Waals surface area contributed by atoms with Gasteiger partial charge in [-0.1, -0.05) is 31.4 Å². The first-order chi connectivity index (χ1) is 13.0. The second-order valence-corrected chi connectivity index (χ2v) is 7.12. The number of carbonyl (C=O) groups excluding carboxylic acids is 2. The van der Waals surface area contributed by atoms with Crippen molar-refractivity contribution >= 4 is 11.7 Å². The molecule has 0 atom stereocenters. The summed E-state index contributed by atoms with van der Waals surface area (Å²) in [6.45, 7) is 3.40. The molecule has 1 fully saturated rings. The van der Waals surface area contributed by atoms with Crippen LogP contribution in [0.5, 0.6) is 5.75 Å². The number of pyridine rings is 1. The summed E-state index contributed by atoms with van der Waals surface area (Å²) < 4.78 is 7.19. The van der Waals surface area contributed by atoms with E-state index in [-0.39, 0.29) is 24.3 Å². The summed E-state index contributed by atoms with van der Waals surface area (Å²) in [6, 6.07) is 11.0. The van der Waals surface area contributed by atoms with Crippen molar-refractivity contribution in [3.05, 3.63) is 59.2 Å². The highest BCUT2D eigenvalue weighted by atomic mass is 16.5. The monoisotopic (exact) mass is 366 g/mol. The Balaban J connectivity index is 1.77. The van der Waals surface area contributed by atoms with E-state index in [9.17, 15) is 9.59 Å². The van der Waals surface area contributed by atoms with E-state index in [1.54, 1.807) is 35.0 Å². The van der Waals surface area contributed by atoms with Crippen LogP contribution in [0, 0.1) is 6.92 Å². The molecule has 1 heterocycles. The first kappa shape index (κ1) is 19.1. The highest BCUT2D eigenvalue weighted by Gasteiger charge is 2.13. The highest BCUT2D eigenvalue weighted by Crippen LogP contribution is 2.19. The molecule has 0 N–H and O–H groups in total. The molecule has 5 nitrogen and oxygen atoms in total. The first-order valence-corrected chi connectivity index (χ1v) is 9.53. The van der Waals surface area contributed by atoms with Gasteiger partial charge in [-0.05, 0) is 56.5 Å². The number of ether oxygens (including phenoxy) is 1. The van der Waals surface area contributed by atoms with Gasteiger partial charge < -0.3 is 4.74 Å². The zero-order valence-electron chi connectivity index (χ0n) is 16.0. The minimum atomic E-state index is -0.183. The summed E-state index contributed by atoms with van der Waals surface area (Å²) in [5, 5.41) is 0. The van der Waals surface area contributed by atoms with E-state index in [0.717, 1.165) is 18.4 Å². The van der Waals surface area contributed by atoms with E-state index >= 15 is 0 Å². The largest absolute Gasteiger partial charge is 0.484 e. The minimum Gasteiger partial charge on any atom is -0.484 e. The number of ketones is 1. The number of hydrogen-bond donors (Lipinski definition) is 0. The zero-order valence-corrected chi connectivity index (χ0v) is 16.0. The number of hydrogen-bond acceptors (Lipinski definition) is 4. The Labute approximate surface area is 159 Å². The summed E-state index contributed by atoms with van der Waals surface area (Å²) in [7, 11) is 0. The number of benzene rings is 1. The Hall–Kier alpha value is -2.69. The van der Waals surface area contributed by atoms with Gasteiger partial charge in [0.15, 0.2) is 12.4 Å². The van der Waals surface area contributed by atoms with Crippen molar-refractivity contribution in [2.24, 2.45) is 4.99 Å². The molecule has 0 spiro atoms. The summed E-state index contributed by atoms with van der Waals surface area (Å²) in [5.41, 5.74) is 2.33. The van der Waals surface area contributed by atoms with Crippen LogP contribution in [0.15, 0.2) is 47.6 Å². The molecule has 0 unspecified atom stereocenters. The van der Waals surface area contributed by atoms with E-state index in [1.807, 2.05) is 19.1 Å². The lowest BCUT2D eigenvalue weighted by atomic mass is 9.96. The highest BCUT2D eigenvalue weighted by molar-refractivity contribution is 5.94. The van der Waals surface area contributed by atoms with Gasteiger partial charge in [-0.15, -0.1) is 0 Å². The van der Waals surface area contributed by atoms with E-state index < -0.39 is 0 Å². The first-order valence-electron chi connectivity index (χ1n) is 9.53. The van der Waals surface area contributed by atoms with Gasteiger partial charge in [0.05, 0.1) is 6.04 Å². The molecule has 142 valence electrons. The zero-order chi connectivity index (χ0) is 19.2. The van der Waals surface area contributed by atoms with Crippen LogP contribution in [0.25, 0.3) is 0 Å². The molecule has 0 bridgehead atoms. The summed E-state index contributed by atoms with van der Waals surface area (Å²) >= 11 is 0. The third kappa shape index (κ3) is 5.16. The van der Waals surface area contributed by atoms with Crippen LogP contribution in [0.3, 0.4) is 0 Å². The van der Waals surface area contributed by atoms with Gasteiger partial charge in [-0.25, -0.2) is 0 Å². The minimum absolute atomic E-state index is 0.0340. The number of aromatic nitrogens is 1. The second-order valence-electron chi connectivity index (χ2n) is 7.12. The van der Waals surface area contributed by atoms with Crippen molar-refractivity contribution in [1.29, 1.82) is 0 Å². The Morgan fingerprint density at radius 2 is 1.93 bits per heavy atom. The van der Waals surface area contributed by atoms with Gasteiger partial charge in [0, 0.05) is 11.8 Å². The van der Waals surface area contributed by atoms with Crippen molar-refractivity contribution in [1.82, 2.24) is 4.57 Å². The normalized spacial score (nSPS) is 15.6. The van der Waals surface area contributed by atoms with Gasteiger partial charge in [-0.2, -0.15) is 0 Å². The maximum absolute atomic E-state index is 12.7. The number of nitrogens with zero attached hydrogens (tertiary/aromatic N) is 2. The van der Waals surface area contributed by atoms with Crippen LogP contribution in [0.2, 0.25) is 0 Å². The maximum atomic E-state index is 12.7. The standard InChI is InChI=1S/C22H26N2O3/c1-16-11-12-24(21(13-16)23-19-8-4-3-5-9-19)22(26)15-27-20-10-6-7-18(14-20)17(2)25/h6-7,10-14,19H,3-5,8-9,15H2,1-2H3. The fourth-order valence-electron chi connectivity index (χ4n) is 3.32. The Kier molecular flexibility index (Phi) is 6.22. The van der Waals surface area contributed by atoms with Gasteiger partial charge >= 0.3 is 0 Å². The van der Waals surface area contributed by atoms with Crippen LogP contribution in [-0.2, 0) is 0 Å². The molecule has 5 heteroatoms. The molecule has 3 rings (SSSR count). The molecule has 2 aromatic rings. The molecular formula is C22H26N2O3. The number of rotatable bonds is 5. The predicted molar refractivity (Wildman–Crippen MR) is 104 cm³/mol. The molecular weight excluding hydrogens is 340 g/mol. The van der Waals surface area contributed by atoms with Crippen LogP contribution >= 0.6 is 0 Å². The quantitative estimate of drug-likeness (QED) is 0.753. The molecule has 0 amide bonds. The molecule has 27 heavy (non-hydrogen) atoms. The molecule has 1 aliphatic carbocycles. The average Bonchev–Trinajstić information content (AvgIpc) is 2.67. The Morgan fingerprint density at radius 1 is 1.15 bits per heavy atom. The maximum Gasteiger partial charge on any atom is 0.270 e. The summed E-state index contributed by atoms with van der Waals surface area (Å²) in [4.78, 5) is 29.0. The van der Waals surface area contributed by atoms with E-state index in [1.165, 1.54) is 26.2 Å². The number of Topliss-reactive ketones (excluding diaryl/α,β-unsaturated/α-hetero) is 1. The van der Waals surface area contributed by atoms with Gasteiger partial charge in [0.2, 0.25) is 0 Å². The molecule has 1 aliphatic rings. The lowest BCUT2D eigenvalue weighted by Crippen LogP contribution is -2.32. The third-order valence-corrected chi connectivity index (χ3v) is 4.85. The fourth-order valence-corrected chi connectivity index (χ4v) is 3.32. The van der Waals surface area contributed by atoms with Crippen molar-refractivity contribution < 1.29 is 14.3 Å². The second kappa shape index (κ2) is 8.80. The van der Waals surface area contributed by atoms with Crippen LogP contribution in [-0.4, -0.2) is 28.9 Å². The smallest absolute Gasteiger partial charge is 0.270 e. The van der Waals surface area contributed by atoms with E-state index in [0.29, 0.717) is 16.8 Å². The van der Waals surface area contributed by atoms with Gasteiger partial charge in [-0.3, -0.25) is 19.1 Å². The molecule has 0 radical (unpaired) electrons. The van der Waals surface area contributed by atoms with Crippen molar-refractivity contribution in [2.75, 3.05) is 6.61 Å². The van der Waals surface area contributed by atoms with Crippen LogP contribution in [0.4, 0.5) is 0 Å². The number of carbonyl (C=O) groups is 2. The molecule has 1 aromatic heterocycles. The average molecular weight is 366 g/mol. The fraction of sp³-hybridized carbons (Fsp3) is 0.409. The van der Waals surface area contributed by atoms with Crippen LogP contribution < -0.4 is 10.2 Å². The van der Waals surface area contributed by atoms with E-state index in [2.05, 4.69) is 0 Å². The molecule has 0 aliphatic heterocycles. The predicted octanol–water partition coefficient (Wildman–Crippen LogP) is 3.95. The molecule has 1 saturated carbocycles. The van der Waals surface area contributed by atoms with Crippen molar-refractivity contribution in [3.8, 4) is 5.75 Å². The molecule has 0 saturated heterocycles. The van der Waals surface area contributed by atoms with Crippen LogP contribution in [0.1, 0.15) is 59.7 Å². The van der Waals surface area contributed by atoms with Crippen molar-refractivity contribution in [3.63, 3.8) is 0 Å². The number of aryl methyl sites for hydroxylation is 1. The lowest BCUT2D eigenvalue weighted by molar-refractivity contribution is 0.0831. The Morgan fingerprint density at radius 3 is 2.67 bits per heavy atom. The summed E-state index contributed by atoms with van der Waals surface area (Å²) in [6.07, 6.45) is 7.58. The molecule has 1 aromatic carbocycles. The summed E-state index contributed by atoms with van der Waals surface area (Å²) in [5.74, 6) is 0.292. The Bertz CT molecular complexity index is 892. The topological polar surface area (TPSA) is 60.7 Å². The van der Waals surface area contributed by atoms with E-state index in [4.69, 9.17) is 9.73 Å². The lowest BCUT2D eigenvalue weighted by Gasteiger charge is -2.18.